The Morgan fingerprint density at radius 3 is 3.00 bits per heavy atom. The van der Waals surface area contributed by atoms with Gasteiger partial charge in [0.1, 0.15) is 5.65 Å². The fourth-order valence-corrected chi connectivity index (χ4v) is 2.08. The number of nitrogens with one attached hydrogen (secondary N) is 1. The fraction of sp³-hybridized carbons (Fsp3) is 0.273. The molecule has 0 unspecified atom stereocenters. The Labute approximate surface area is 86.0 Å². The Kier molecular flexibility index (Phi) is 1.46. The van der Waals surface area contributed by atoms with Crippen LogP contribution in [0.2, 0.25) is 0 Å². The molecule has 2 aromatic heterocycles. The summed E-state index contributed by atoms with van der Waals surface area (Å²) in [7, 11) is 0. The normalized spacial score (nSPS) is 17.9. The van der Waals surface area contributed by atoms with Crippen molar-refractivity contribution in [1.29, 1.82) is 0 Å². The quantitative estimate of drug-likeness (QED) is 0.778. The average molecular weight is 202 g/mol. The van der Waals surface area contributed by atoms with Crippen LogP contribution in [0.25, 0.3) is 11.0 Å². The highest BCUT2D eigenvalue weighted by Crippen LogP contribution is 2.50. The second-order valence-corrected chi connectivity index (χ2v) is 3.99. The molecule has 4 heteroatoms. The van der Waals surface area contributed by atoms with Gasteiger partial charge < -0.3 is 10.1 Å². The molecule has 0 spiro atoms. The number of carboxylic acids is 1. The van der Waals surface area contributed by atoms with Crippen molar-refractivity contribution in [2.45, 2.75) is 18.3 Å². The van der Waals surface area contributed by atoms with E-state index in [1.165, 1.54) is 0 Å². The topological polar surface area (TPSA) is 66.0 Å². The predicted octanol–water partition coefficient (Wildman–Crippen LogP) is 1.68. The van der Waals surface area contributed by atoms with Crippen LogP contribution in [0, 0.1) is 0 Å². The molecular formula is C11H10N2O2. The largest absolute Gasteiger partial charge is 0.481 e. The van der Waals surface area contributed by atoms with Crippen LogP contribution in [0.5, 0.6) is 0 Å². The summed E-state index contributed by atoms with van der Waals surface area (Å²) < 4.78 is 0. The second kappa shape index (κ2) is 2.59. The molecule has 1 aliphatic carbocycles. The van der Waals surface area contributed by atoms with Crippen LogP contribution >= 0.6 is 0 Å². The molecule has 15 heavy (non-hydrogen) atoms. The molecule has 76 valence electrons. The Morgan fingerprint density at radius 2 is 2.33 bits per heavy atom. The fourth-order valence-electron chi connectivity index (χ4n) is 2.08. The van der Waals surface area contributed by atoms with E-state index in [0.29, 0.717) is 0 Å². The molecule has 2 N–H and O–H groups in total. The Balaban J connectivity index is 2.24. The van der Waals surface area contributed by atoms with Gasteiger partial charge in [0.05, 0.1) is 5.41 Å². The first-order valence-corrected chi connectivity index (χ1v) is 4.90. The number of fused-ring (bicyclic) bond motifs is 1. The van der Waals surface area contributed by atoms with Gasteiger partial charge in [0.25, 0.3) is 0 Å². The molecule has 0 aromatic carbocycles. The number of rotatable bonds is 2. The standard InChI is InChI=1S/C11H10N2O2/c14-10(15)11(3-4-11)8-6-13-9-7(8)2-1-5-12-9/h1-2,5-6H,3-4H2,(H,12,13)(H,14,15). The Hall–Kier alpha value is -1.84. The molecule has 4 nitrogen and oxygen atoms in total. The summed E-state index contributed by atoms with van der Waals surface area (Å²) >= 11 is 0. The smallest absolute Gasteiger partial charge is 0.314 e. The van der Waals surface area contributed by atoms with Crippen molar-refractivity contribution in [2.75, 3.05) is 0 Å². The summed E-state index contributed by atoms with van der Waals surface area (Å²) in [5.41, 5.74) is 0.986. The Bertz CT molecular complexity index is 540. The molecule has 1 saturated carbocycles. The molecule has 3 rings (SSSR count). The number of aromatic nitrogens is 2. The zero-order valence-corrected chi connectivity index (χ0v) is 8.03. The molecule has 0 atom stereocenters. The van der Waals surface area contributed by atoms with Gasteiger partial charge in [-0.3, -0.25) is 4.79 Å². The Morgan fingerprint density at radius 1 is 1.53 bits per heavy atom. The van der Waals surface area contributed by atoms with Crippen molar-refractivity contribution >= 4 is 17.0 Å². The molecule has 0 amide bonds. The van der Waals surface area contributed by atoms with Crippen LogP contribution in [0.4, 0.5) is 0 Å². The molecule has 1 fully saturated rings. The van der Waals surface area contributed by atoms with E-state index in [0.717, 1.165) is 29.4 Å². The first kappa shape index (κ1) is 8.47. The van der Waals surface area contributed by atoms with E-state index in [2.05, 4.69) is 9.97 Å². The molecular weight excluding hydrogens is 192 g/mol. The van der Waals surface area contributed by atoms with Gasteiger partial charge in [-0.2, -0.15) is 0 Å². The van der Waals surface area contributed by atoms with Gasteiger partial charge in [0.15, 0.2) is 0 Å². The molecule has 0 aliphatic heterocycles. The number of aromatic amines is 1. The predicted molar refractivity (Wildman–Crippen MR) is 54.6 cm³/mol. The number of carbonyl (C=O) groups is 1. The molecule has 0 bridgehead atoms. The zero-order chi connectivity index (χ0) is 10.5. The molecule has 1 aliphatic rings. The summed E-state index contributed by atoms with van der Waals surface area (Å²) in [5.74, 6) is -0.729. The maximum absolute atomic E-state index is 11.2. The lowest BCUT2D eigenvalue weighted by molar-refractivity contribution is -0.139. The minimum Gasteiger partial charge on any atom is -0.481 e. The van der Waals surface area contributed by atoms with Crippen LogP contribution in [0.3, 0.4) is 0 Å². The zero-order valence-electron chi connectivity index (χ0n) is 8.03. The van der Waals surface area contributed by atoms with Gasteiger partial charge in [-0.1, -0.05) is 0 Å². The van der Waals surface area contributed by atoms with Gasteiger partial charge in [-0.25, -0.2) is 4.98 Å². The van der Waals surface area contributed by atoms with Crippen LogP contribution in [0.1, 0.15) is 18.4 Å². The highest BCUT2D eigenvalue weighted by molar-refractivity contribution is 5.92. The lowest BCUT2D eigenvalue weighted by Gasteiger charge is -2.07. The summed E-state index contributed by atoms with van der Waals surface area (Å²) in [6, 6.07) is 3.74. The molecule has 2 heterocycles. The van der Waals surface area contributed by atoms with Crippen molar-refractivity contribution in [3.8, 4) is 0 Å². The number of hydrogen-bond acceptors (Lipinski definition) is 2. The number of carboxylic acid groups (broad SMARTS) is 1. The second-order valence-electron chi connectivity index (χ2n) is 3.99. The van der Waals surface area contributed by atoms with Crippen molar-refractivity contribution in [1.82, 2.24) is 9.97 Å². The van der Waals surface area contributed by atoms with Crippen LogP contribution < -0.4 is 0 Å². The third-order valence-corrected chi connectivity index (χ3v) is 3.13. The van der Waals surface area contributed by atoms with E-state index in [1.807, 2.05) is 12.1 Å². The van der Waals surface area contributed by atoms with Crippen LogP contribution in [-0.2, 0) is 10.2 Å². The van der Waals surface area contributed by atoms with E-state index in [9.17, 15) is 9.90 Å². The van der Waals surface area contributed by atoms with Crippen molar-refractivity contribution in [2.24, 2.45) is 0 Å². The van der Waals surface area contributed by atoms with Gasteiger partial charge in [0.2, 0.25) is 0 Å². The molecule has 0 saturated heterocycles. The number of H-pyrrole nitrogens is 1. The van der Waals surface area contributed by atoms with E-state index in [1.54, 1.807) is 12.4 Å². The van der Waals surface area contributed by atoms with Crippen molar-refractivity contribution in [3.63, 3.8) is 0 Å². The lowest BCUT2D eigenvalue weighted by atomic mass is 9.96. The summed E-state index contributed by atoms with van der Waals surface area (Å²) in [6.45, 7) is 0. The maximum Gasteiger partial charge on any atom is 0.314 e. The minimum atomic E-state index is -0.729. The minimum absolute atomic E-state index is 0.652. The van der Waals surface area contributed by atoms with Crippen molar-refractivity contribution < 1.29 is 9.90 Å². The maximum atomic E-state index is 11.2. The number of pyridine rings is 1. The van der Waals surface area contributed by atoms with E-state index >= 15 is 0 Å². The number of nitrogens with zero attached hydrogens (tertiary/aromatic N) is 1. The summed E-state index contributed by atoms with van der Waals surface area (Å²) in [6.07, 6.45) is 4.93. The van der Waals surface area contributed by atoms with Gasteiger partial charge in [-0.05, 0) is 30.5 Å². The molecule has 0 radical (unpaired) electrons. The van der Waals surface area contributed by atoms with Gasteiger partial charge >= 0.3 is 5.97 Å². The molecule has 2 aromatic rings. The highest BCUT2D eigenvalue weighted by atomic mass is 16.4. The summed E-state index contributed by atoms with van der Waals surface area (Å²) in [4.78, 5) is 18.4. The monoisotopic (exact) mass is 202 g/mol. The van der Waals surface area contributed by atoms with Crippen LogP contribution in [0.15, 0.2) is 24.5 Å². The van der Waals surface area contributed by atoms with E-state index in [-0.39, 0.29) is 0 Å². The van der Waals surface area contributed by atoms with Crippen molar-refractivity contribution in [3.05, 3.63) is 30.1 Å². The first-order chi connectivity index (χ1) is 7.24. The number of aliphatic carboxylic acids is 1. The average Bonchev–Trinajstić information content (AvgIpc) is 2.93. The number of hydrogen-bond donors (Lipinski definition) is 2. The summed E-state index contributed by atoms with van der Waals surface area (Å²) in [5, 5.41) is 10.1. The lowest BCUT2D eigenvalue weighted by Crippen LogP contribution is -2.18. The first-order valence-electron chi connectivity index (χ1n) is 4.90. The van der Waals surface area contributed by atoms with Gasteiger partial charge in [0, 0.05) is 17.8 Å². The van der Waals surface area contributed by atoms with Gasteiger partial charge in [-0.15, -0.1) is 0 Å². The van der Waals surface area contributed by atoms with E-state index in [4.69, 9.17) is 0 Å². The SMILES string of the molecule is O=C(O)C1(c2c[nH]c3ncccc23)CC1. The van der Waals surface area contributed by atoms with E-state index < -0.39 is 11.4 Å². The third-order valence-electron chi connectivity index (χ3n) is 3.13. The third kappa shape index (κ3) is 1.02. The highest BCUT2D eigenvalue weighted by Gasteiger charge is 2.53. The van der Waals surface area contributed by atoms with Crippen LogP contribution in [-0.4, -0.2) is 21.0 Å².